The molecule has 0 aliphatic heterocycles. The fraction of sp³-hybridized carbons (Fsp3) is 0.895. The van der Waals surface area contributed by atoms with Crippen LogP contribution in [0.5, 0.6) is 0 Å². The second-order valence-corrected chi connectivity index (χ2v) is 7.58. The molecule has 4 N–H and O–H groups in total. The standard InChI is InChI=1S/C19H40N4O3/c1-7-19(8-2,11-14-24)15-23-16(20-9-3)21-12-10-13-22-17(25)26-18(4,5)6/h24H,7-15H2,1-6H3,(H,22,25)(H2,20,21,23). The summed E-state index contributed by atoms with van der Waals surface area (Å²) in [7, 11) is 0. The number of aliphatic hydroxyl groups is 1. The van der Waals surface area contributed by atoms with Crippen LogP contribution >= 0.6 is 0 Å². The minimum absolute atomic E-state index is 0.0510. The SMILES string of the molecule is CCNC(=NCC(CC)(CC)CCO)NCCCNC(=O)OC(C)(C)C. The molecule has 0 aliphatic rings. The average Bonchev–Trinajstić information content (AvgIpc) is 2.56. The Labute approximate surface area is 159 Å². The van der Waals surface area contributed by atoms with Crippen LogP contribution in [0.25, 0.3) is 0 Å². The van der Waals surface area contributed by atoms with Gasteiger partial charge in [-0.1, -0.05) is 13.8 Å². The Kier molecular flexibility index (Phi) is 12.1. The van der Waals surface area contributed by atoms with E-state index in [9.17, 15) is 9.90 Å². The first kappa shape index (κ1) is 24.5. The molecule has 0 unspecified atom stereocenters. The number of carbonyl (C=O) groups excluding carboxylic acids is 1. The summed E-state index contributed by atoms with van der Waals surface area (Å²) in [6.07, 6.45) is 3.13. The first-order valence-corrected chi connectivity index (χ1v) is 9.81. The molecule has 7 heteroatoms. The second-order valence-electron chi connectivity index (χ2n) is 7.58. The second kappa shape index (κ2) is 12.8. The number of nitrogens with zero attached hydrogens (tertiary/aromatic N) is 1. The van der Waals surface area contributed by atoms with Crippen LogP contribution in [0.2, 0.25) is 0 Å². The highest BCUT2D eigenvalue weighted by Crippen LogP contribution is 2.30. The van der Waals surface area contributed by atoms with Crippen LogP contribution in [-0.4, -0.2) is 55.5 Å². The highest BCUT2D eigenvalue weighted by molar-refractivity contribution is 5.79. The van der Waals surface area contributed by atoms with Gasteiger partial charge in [0.2, 0.25) is 0 Å². The Morgan fingerprint density at radius 2 is 1.65 bits per heavy atom. The lowest BCUT2D eigenvalue weighted by Gasteiger charge is -2.29. The molecule has 0 aromatic heterocycles. The highest BCUT2D eigenvalue weighted by Gasteiger charge is 2.25. The largest absolute Gasteiger partial charge is 0.444 e. The summed E-state index contributed by atoms with van der Waals surface area (Å²) in [5.74, 6) is 0.772. The number of aliphatic hydroxyl groups excluding tert-OH is 1. The van der Waals surface area contributed by atoms with Crippen LogP contribution in [0.4, 0.5) is 4.79 Å². The van der Waals surface area contributed by atoms with E-state index < -0.39 is 11.7 Å². The smallest absolute Gasteiger partial charge is 0.407 e. The van der Waals surface area contributed by atoms with Gasteiger partial charge in [-0.2, -0.15) is 0 Å². The predicted molar refractivity (Wildman–Crippen MR) is 108 cm³/mol. The molecule has 0 radical (unpaired) electrons. The van der Waals surface area contributed by atoms with Gasteiger partial charge in [0.1, 0.15) is 5.60 Å². The molecule has 0 atom stereocenters. The Morgan fingerprint density at radius 1 is 1.04 bits per heavy atom. The van der Waals surface area contributed by atoms with Gasteiger partial charge in [0.25, 0.3) is 0 Å². The van der Waals surface area contributed by atoms with Gasteiger partial charge >= 0.3 is 6.09 Å². The van der Waals surface area contributed by atoms with Gasteiger partial charge in [0, 0.05) is 32.8 Å². The van der Waals surface area contributed by atoms with Crippen molar-refractivity contribution in [1.82, 2.24) is 16.0 Å². The third-order valence-electron chi connectivity index (χ3n) is 4.37. The number of rotatable bonds is 11. The van der Waals surface area contributed by atoms with Crippen molar-refractivity contribution in [2.45, 2.75) is 72.8 Å². The van der Waals surface area contributed by atoms with Crippen molar-refractivity contribution in [2.75, 3.05) is 32.8 Å². The molecule has 0 saturated carbocycles. The van der Waals surface area contributed by atoms with E-state index in [1.54, 1.807) is 0 Å². The molecule has 0 rings (SSSR count). The zero-order valence-corrected chi connectivity index (χ0v) is 17.6. The van der Waals surface area contributed by atoms with Crippen LogP contribution in [0.15, 0.2) is 4.99 Å². The van der Waals surface area contributed by atoms with Crippen molar-refractivity contribution in [3.63, 3.8) is 0 Å². The molecule has 0 saturated heterocycles. The summed E-state index contributed by atoms with van der Waals surface area (Å²) in [5.41, 5.74) is -0.428. The number of amides is 1. The molecule has 7 nitrogen and oxygen atoms in total. The summed E-state index contributed by atoms with van der Waals surface area (Å²) in [6, 6.07) is 0. The molecule has 0 aromatic carbocycles. The maximum Gasteiger partial charge on any atom is 0.407 e. The third-order valence-corrected chi connectivity index (χ3v) is 4.37. The van der Waals surface area contributed by atoms with Gasteiger partial charge < -0.3 is 25.8 Å². The maximum atomic E-state index is 11.6. The molecular formula is C19H40N4O3. The number of nitrogens with one attached hydrogen (secondary N) is 3. The fourth-order valence-electron chi connectivity index (χ4n) is 2.53. The Bertz CT molecular complexity index is 415. The van der Waals surface area contributed by atoms with E-state index in [1.165, 1.54) is 0 Å². The highest BCUT2D eigenvalue weighted by atomic mass is 16.6. The van der Waals surface area contributed by atoms with Crippen molar-refractivity contribution in [3.8, 4) is 0 Å². The van der Waals surface area contributed by atoms with E-state index in [0.29, 0.717) is 19.6 Å². The number of guanidine groups is 1. The topological polar surface area (TPSA) is 95.0 Å². The zero-order chi connectivity index (χ0) is 20.1. The number of aliphatic imine (C=N–C) groups is 1. The molecule has 154 valence electrons. The third kappa shape index (κ3) is 11.2. The van der Waals surface area contributed by atoms with Crippen LogP contribution < -0.4 is 16.0 Å². The summed E-state index contributed by atoms with van der Waals surface area (Å²) in [5, 5.41) is 18.6. The van der Waals surface area contributed by atoms with E-state index in [0.717, 1.165) is 38.2 Å². The van der Waals surface area contributed by atoms with Gasteiger partial charge in [-0.25, -0.2) is 4.79 Å². The van der Waals surface area contributed by atoms with E-state index in [4.69, 9.17) is 9.73 Å². The number of hydrogen-bond donors (Lipinski definition) is 4. The van der Waals surface area contributed by atoms with Crippen molar-refractivity contribution in [2.24, 2.45) is 10.4 Å². The van der Waals surface area contributed by atoms with E-state index in [-0.39, 0.29) is 12.0 Å². The normalized spacial score (nSPS) is 12.7. The van der Waals surface area contributed by atoms with Crippen molar-refractivity contribution < 1.29 is 14.6 Å². The number of hydrogen-bond acceptors (Lipinski definition) is 4. The van der Waals surface area contributed by atoms with Crippen molar-refractivity contribution in [1.29, 1.82) is 0 Å². The summed E-state index contributed by atoms with van der Waals surface area (Å²) >= 11 is 0. The van der Waals surface area contributed by atoms with E-state index >= 15 is 0 Å². The van der Waals surface area contributed by atoms with Gasteiger partial charge in [0.05, 0.1) is 0 Å². The monoisotopic (exact) mass is 372 g/mol. The lowest BCUT2D eigenvalue weighted by atomic mass is 9.79. The minimum Gasteiger partial charge on any atom is -0.444 e. The molecule has 26 heavy (non-hydrogen) atoms. The van der Waals surface area contributed by atoms with Crippen LogP contribution in [0.1, 0.15) is 67.2 Å². The van der Waals surface area contributed by atoms with E-state index in [2.05, 4.69) is 29.8 Å². The number of ether oxygens (including phenoxy) is 1. The summed E-state index contributed by atoms with van der Waals surface area (Å²) in [4.78, 5) is 16.3. The van der Waals surface area contributed by atoms with Crippen molar-refractivity contribution in [3.05, 3.63) is 0 Å². The summed E-state index contributed by atoms with van der Waals surface area (Å²) in [6.45, 7) is 14.8. The molecule has 1 amide bonds. The first-order valence-electron chi connectivity index (χ1n) is 9.81. The van der Waals surface area contributed by atoms with Gasteiger partial charge in [0.15, 0.2) is 5.96 Å². The molecule has 0 aliphatic carbocycles. The fourth-order valence-corrected chi connectivity index (χ4v) is 2.53. The van der Waals surface area contributed by atoms with Crippen molar-refractivity contribution >= 4 is 12.1 Å². The Balaban J connectivity index is 4.36. The molecule has 0 spiro atoms. The number of carbonyl (C=O) groups is 1. The zero-order valence-electron chi connectivity index (χ0n) is 17.6. The molecule has 0 bridgehead atoms. The summed E-state index contributed by atoms with van der Waals surface area (Å²) < 4.78 is 5.20. The first-order chi connectivity index (χ1) is 12.2. The Morgan fingerprint density at radius 3 is 2.15 bits per heavy atom. The average molecular weight is 373 g/mol. The molecule has 0 heterocycles. The van der Waals surface area contributed by atoms with Gasteiger partial charge in [-0.3, -0.25) is 4.99 Å². The molecular weight excluding hydrogens is 332 g/mol. The Hall–Kier alpha value is -1.50. The lowest BCUT2D eigenvalue weighted by Crippen LogP contribution is -2.40. The maximum absolute atomic E-state index is 11.6. The van der Waals surface area contributed by atoms with Gasteiger partial charge in [-0.15, -0.1) is 0 Å². The van der Waals surface area contributed by atoms with Crippen LogP contribution in [0, 0.1) is 5.41 Å². The predicted octanol–water partition coefficient (Wildman–Crippen LogP) is 2.65. The van der Waals surface area contributed by atoms with Gasteiger partial charge in [-0.05, 0) is 58.8 Å². The number of alkyl carbamates (subject to hydrolysis) is 1. The van der Waals surface area contributed by atoms with E-state index in [1.807, 2.05) is 27.7 Å². The lowest BCUT2D eigenvalue weighted by molar-refractivity contribution is 0.0527. The molecule has 0 fully saturated rings. The minimum atomic E-state index is -0.479. The molecule has 0 aromatic rings. The van der Waals surface area contributed by atoms with Crippen LogP contribution in [-0.2, 0) is 4.74 Å². The van der Waals surface area contributed by atoms with Crippen LogP contribution in [0.3, 0.4) is 0 Å². The quantitative estimate of drug-likeness (QED) is 0.254.